The summed E-state index contributed by atoms with van der Waals surface area (Å²) in [5, 5.41) is 3.62. The zero-order valence-electron chi connectivity index (χ0n) is 12.3. The van der Waals surface area contributed by atoms with E-state index < -0.39 is 0 Å². The molecule has 3 heteroatoms. The van der Waals surface area contributed by atoms with Crippen LogP contribution in [-0.2, 0) is 4.74 Å². The van der Waals surface area contributed by atoms with Crippen molar-refractivity contribution in [2.45, 2.75) is 52.2 Å². The van der Waals surface area contributed by atoms with Crippen molar-refractivity contribution in [3.63, 3.8) is 0 Å². The molecule has 1 aliphatic heterocycles. The minimum Gasteiger partial charge on any atom is -0.379 e. The predicted molar refractivity (Wildman–Crippen MR) is 73.4 cm³/mol. The molecule has 0 radical (unpaired) electrons. The van der Waals surface area contributed by atoms with Crippen molar-refractivity contribution < 1.29 is 4.74 Å². The van der Waals surface area contributed by atoms with E-state index in [1.54, 1.807) is 7.11 Å². The van der Waals surface area contributed by atoms with E-state index in [2.05, 4.69) is 37.9 Å². The van der Waals surface area contributed by atoms with Gasteiger partial charge in [0.05, 0.1) is 5.60 Å². The standard InChI is InChI=1S/C14H30N2O/c1-12(2)10-13-11-16(9-7-15-13)8-6-14(3,4)17-5/h12-13,15H,6-11H2,1-5H3. The van der Waals surface area contributed by atoms with Gasteiger partial charge in [0.25, 0.3) is 0 Å². The smallest absolute Gasteiger partial charge is 0.0634 e. The maximum atomic E-state index is 5.48. The largest absolute Gasteiger partial charge is 0.379 e. The minimum atomic E-state index is 0.0123. The zero-order chi connectivity index (χ0) is 12.9. The van der Waals surface area contributed by atoms with Crippen LogP contribution in [-0.4, -0.2) is 49.8 Å². The van der Waals surface area contributed by atoms with Crippen molar-refractivity contribution in [2.75, 3.05) is 33.3 Å². The summed E-state index contributed by atoms with van der Waals surface area (Å²) in [5.41, 5.74) is 0.0123. The lowest BCUT2D eigenvalue weighted by molar-refractivity contribution is 0.00508. The molecule has 0 saturated carbocycles. The Bertz CT molecular complexity index is 216. The fraction of sp³-hybridized carbons (Fsp3) is 1.00. The first-order valence-electron chi connectivity index (χ1n) is 6.94. The van der Waals surface area contributed by atoms with Gasteiger partial charge in [0.1, 0.15) is 0 Å². The molecule has 0 aromatic heterocycles. The van der Waals surface area contributed by atoms with Gasteiger partial charge in [0.2, 0.25) is 0 Å². The average Bonchev–Trinajstić information content (AvgIpc) is 2.26. The first-order chi connectivity index (χ1) is 7.93. The summed E-state index contributed by atoms with van der Waals surface area (Å²) in [4.78, 5) is 2.57. The first kappa shape index (κ1) is 14.9. The van der Waals surface area contributed by atoms with Crippen molar-refractivity contribution in [2.24, 2.45) is 5.92 Å². The van der Waals surface area contributed by atoms with E-state index in [0.29, 0.717) is 6.04 Å². The molecular weight excluding hydrogens is 212 g/mol. The third-order valence-corrected chi connectivity index (χ3v) is 3.68. The van der Waals surface area contributed by atoms with Crippen LogP contribution >= 0.6 is 0 Å². The van der Waals surface area contributed by atoms with Gasteiger partial charge in [-0.3, -0.25) is 0 Å². The number of hydrogen-bond acceptors (Lipinski definition) is 3. The van der Waals surface area contributed by atoms with Gasteiger partial charge in [0.15, 0.2) is 0 Å². The fourth-order valence-corrected chi connectivity index (χ4v) is 2.35. The monoisotopic (exact) mass is 242 g/mol. The summed E-state index contributed by atoms with van der Waals surface area (Å²) in [6, 6.07) is 0.675. The maximum absolute atomic E-state index is 5.48. The number of ether oxygens (including phenoxy) is 1. The van der Waals surface area contributed by atoms with Gasteiger partial charge in [-0.15, -0.1) is 0 Å². The molecule has 1 rings (SSSR count). The average molecular weight is 242 g/mol. The maximum Gasteiger partial charge on any atom is 0.0634 e. The number of nitrogens with zero attached hydrogens (tertiary/aromatic N) is 1. The molecule has 1 N–H and O–H groups in total. The van der Waals surface area contributed by atoms with Crippen LogP contribution in [0.2, 0.25) is 0 Å². The highest BCUT2D eigenvalue weighted by atomic mass is 16.5. The second kappa shape index (κ2) is 6.72. The molecule has 3 nitrogen and oxygen atoms in total. The summed E-state index contributed by atoms with van der Waals surface area (Å²) < 4.78 is 5.48. The molecule has 0 bridgehead atoms. The van der Waals surface area contributed by atoms with Crippen molar-refractivity contribution in [1.29, 1.82) is 0 Å². The van der Waals surface area contributed by atoms with Crippen LogP contribution in [0.4, 0.5) is 0 Å². The number of nitrogens with one attached hydrogen (secondary N) is 1. The number of methoxy groups -OCH3 is 1. The van der Waals surface area contributed by atoms with Gasteiger partial charge in [-0.25, -0.2) is 0 Å². The number of rotatable bonds is 6. The van der Waals surface area contributed by atoms with Crippen LogP contribution in [0.5, 0.6) is 0 Å². The van der Waals surface area contributed by atoms with Crippen molar-refractivity contribution in [1.82, 2.24) is 10.2 Å². The molecule has 0 aromatic carbocycles. The second-order valence-corrected chi connectivity index (χ2v) is 6.30. The molecule has 1 atom stereocenters. The molecule has 102 valence electrons. The van der Waals surface area contributed by atoms with E-state index in [4.69, 9.17) is 4.74 Å². The SMILES string of the molecule is COC(C)(C)CCN1CCNC(CC(C)C)C1. The Morgan fingerprint density at radius 3 is 2.71 bits per heavy atom. The Balaban J connectivity index is 2.29. The van der Waals surface area contributed by atoms with E-state index in [9.17, 15) is 0 Å². The Labute approximate surface area is 107 Å². The van der Waals surface area contributed by atoms with Gasteiger partial charge >= 0.3 is 0 Å². The summed E-state index contributed by atoms with van der Waals surface area (Å²) >= 11 is 0. The van der Waals surface area contributed by atoms with Gasteiger partial charge in [-0.2, -0.15) is 0 Å². The third-order valence-electron chi connectivity index (χ3n) is 3.68. The van der Waals surface area contributed by atoms with Gasteiger partial charge in [-0.05, 0) is 32.6 Å². The lowest BCUT2D eigenvalue weighted by Crippen LogP contribution is -2.51. The molecule has 1 saturated heterocycles. The number of piperazine rings is 1. The Hall–Kier alpha value is -0.120. The molecule has 1 unspecified atom stereocenters. The van der Waals surface area contributed by atoms with Crippen molar-refractivity contribution in [3.8, 4) is 0 Å². The van der Waals surface area contributed by atoms with Gasteiger partial charge < -0.3 is 15.0 Å². The highest BCUT2D eigenvalue weighted by Gasteiger charge is 2.23. The topological polar surface area (TPSA) is 24.5 Å². The van der Waals surface area contributed by atoms with Gasteiger partial charge in [0, 0.05) is 39.3 Å². The lowest BCUT2D eigenvalue weighted by Gasteiger charge is -2.36. The summed E-state index contributed by atoms with van der Waals surface area (Å²) in [5.74, 6) is 0.780. The minimum absolute atomic E-state index is 0.0123. The molecule has 0 spiro atoms. The summed E-state index contributed by atoms with van der Waals surface area (Å²) in [6.07, 6.45) is 2.39. The Kier molecular flexibility index (Phi) is 5.90. The van der Waals surface area contributed by atoms with Crippen LogP contribution in [0.1, 0.15) is 40.5 Å². The fourth-order valence-electron chi connectivity index (χ4n) is 2.35. The van der Waals surface area contributed by atoms with E-state index in [1.807, 2.05) is 0 Å². The Morgan fingerprint density at radius 2 is 2.12 bits per heavy atom. The summed E-state index contributed by atoms with van der Waals surface area (Å²) in [7, 11) is 1.80. The van der Waals surface area contributed by atoms with E-state index in [0.717, 1.165) is 25.4 Å². The van der Waals surface area contributed by atoms with Crippen LogP contribution in [0, 0.1) is 5.92 Å². The van der Waals surface area contributed by atoms with E-state index in [-0.39, 0.29) is 5.60 Å². The highest BCUT2D eigenvalue weighted by Crippen LogP contribution is 2.15. The van der Waals surface area contributed by atoms with Crippen LogP contribution in [0.25, 0.3) is 0 Å². The Morgan fingerprint density at radius 1 is 1.41 bits per heavy atom. The molecule has 0 aromatic rings. The first-order valence-corrected chi connectivity index (χ1v) is 6.94. The van der Waals surface area contributed by atoms with Gasteiger partial charge in [-0.1, -0.05) is 13.8 Å². The van der Waals surface area contributed by atoms with E-state index in [1.165, 1.54) is 19.5 Å². The predicted octanol–water partition coefficient (Wildman–Crippen LogP) is 2.12. The van der Waals surface area contributed by atoms with E-state index >= 15 is 0 Å². The number of hydrogen-bond donors (Lipinski definition) is 1. The van der Waals surface area contributed by atoms with Crippen LogP contribution < -0.4 is 5.32 Å². The molecule has 1 fully saturated rings. The highest BCUT2D eigenvalue weighted by molar-refractivity contribution is 4.81. The molecule has 0 aliphatic carbocycles. The lowest BCUT2D eigenvalue weighted by atomic mass is 10.0. The van der Waals surface area contributed by atoms with Crippen molar-refractivity contribution in [3.05, 3.63) is 0 Å². The molecular formula is C14H30N2O. The summed E-state index contributed by atoms with van der Waals surface area (Å²) in [6.45, 7) is 13.6. The zero-order valence-corrected chi connectivity index (χ0v) is 12.3. The quantitative estimate of drug-likeness (QED) is 0.772. The van der Waals surface area contributed by atoms with Crippen LogP contribution in [0.3, 0.4) is 0 Å². The molecule has 1 aliphatic rings. The third kappa shape index (κ3) is 5.84. The molecule has 0 amide bonds. The molecule has 17 heavy (non-hydrogen) atoms. The second-order valence-electron chi connectivity index (χ2n) is 6.30. The normalized spacial score (nSPS) is 23.3. The van der Waals surface area contributed by atoms with Crippen molar-refractivity contribution >= 4 is 0 Å². The van der Waals surface area contributed by atoms with Crippen LogP contribution in [0.15, 0.2) is 0 Å². The molecule has 1 heterocycles.